The predicted molar refractivity (Wildman–Crippen MR) is 192 cm³/mol. The van der Waals surface area contributed by atoms with Gasteiger partial charge in [-0.2, -0.15) is 0 Å². The van der Waals surface area contributed by atoms with Crippen LogP contribution in [-0.4, -0.2) is 24.3 Å². The summed E-state index contributed by atoms with van der Waals surface area (Å²) in [5.74, 6) is 0. The van der Waals surface area contributed by atoms with E-state index in [-0.39, 0.29) is 0 Å². The van der Waals surface area contributed by atoms with E-state index in [4.69, 9.17) is 0 Å². The highest BCUT2D eigenvalue weighted by Crippen LogP contribution is 2.17. The van der Waals surface area contributed by atoms with Crippen molar-refractivity contribution in [3.05, 3.63) is 0 Å². The minimum atomic E-state index is 0.317. The Labute approximate surface area is 267 Å². The Hall–Kier alpha value is -0.0800. The molecule has 0 heterocycles. The summed E-state index contributed by atoms with van der Waals surface area (Å²) < 4.78 is 0. The molecule has 0 aromatic heterocycles. The van der Waals surface area contributed by atoms with Crippen LogP contribution in [0.5, 0.6) is 0 Å². The van der Waals surface area contributed by atoms with Crippen LogP contribution in [0.15, 0.2) is 0 Å². The normalized spacial score (nSPS) is 11.7. The van der Waals surface area contributed by atoms with E-state index in [2.05, 4.69) is 19.2 Å². The minimum Gasteiger partial charge on any atom is -0.396 e. The molecule has 0 aromatic carbocycles. The topological polar surface area (TPSA) is 32.3 Å². The average Bonchev–Trinajstić information content (AvgIpc) is 3.00. The summed E-state index contributed by atoms with van der Waals surface area (Å²) in [6.07, 6.45) is 49.8. The monoisotopic (exact) mass is 594 g/mol. The molecule has 0 saturated carbocycles. The molecule has 0 aromatic rings. The predicted octanol–water partition coefficient (Wildman–Crippen LogP) is 13.6. The zero-order chi connectivity index (χ0) is 30.4. The lowest BCUT2D eigenvalue weighted by Crippen LogP contribution is -2.30. The number of nitrogens with one attached hydrogen (secondary N) is 1. The molecule has 0 bridgehead atoms. The third-order valence-electron chi connectivity index (χ3n) is 9.58. The number of aliphatic hydroxyl groups is 1. The van der Waals surface area contributed by atoms with Gasteiger partial charge < -0.3 is 10.4 Å². The molecule has 0 aliphatic carbocycles. The summed E-state index contributed by atoms with van der Waals surface area (Å²) in [6.45, 7) is 5.91. The fraction of sp³-hybridized carbons (Fsp3) is 1.00. The lowest BCUT2D eigenvalue weighted by molar-refractivity contribution is 0.280. The highest BCUT2D eigenvalue weighted by molar-refractivity contribution is 4.68. The van der Waals surface area contributed by atoms with Gasteiger partial charge in [-0.3, -0.25) is 0 Å². The van der Waals surface area contributed by atoms with Crippen LogP contribution < -0.4 is 5.32 Å². The average molecular weight is 594 g/mol. The summed E-state index contributed by atoms with van der Waals surface area (Å²) in [4.78, 5) is 0. The minimum absolute atomic E-state index is 0.317. The quantitative estimate of drug-likeness (QED) is 0.0698. The van der Waals surface area contributed by atoms with Gasteiger partial charge >= 0.3 is 0 Å². The second-order valence-corrected chi connectivity index (χ2v) is 13.9. The van der Waals surface area contributed by atoms with Crippen molar-refractivity contribution in [2.24, 2.45) is 0 Å². The molecule has 42 heavy (non-hydrogen) atoms. The smallest absolute Gasteiger partial charge is 0.0443 e. The van der Waals surface area contributed by atoms with E-state index < -0.39 is 0 Å². The Morgan fingerprint density at radius 3 is 0.810 bits per heavy atom. The van der Waals surface area contributed by atoms with Crippen molar-refractivity contribution in [1.29, 1.82) is 0 Å². The molecule has 0 fully saturated rings. The molecule has 0 rings (SSSR count). The van der Waals surface area contributed by atoms with Crippen LogP contribution in [0.25, 0.3) is 0 Å². The van der Waals surface area contributed by atoms with Gasteiger partial charge in [0.15, 0.2) is 0 Å². The SMILES string of the molecule is CCCCCCCCCCCCCCCCCCC(CCCCCCCCCCCCCCCCCC)NCCCO. The maximum Gasteiger partial charge on any atom is 0.0443 e. The standard InChI is InChI=1S/C40H83NO/c1-3-5-7-9-11-13-15-17-19-21-23-25-27-29-31-33-36-40(41-38-35-39-42)37-34-32-30-28-26-24-22-20-18-16-14-12-10-8-6-4-2/h40-42H,3-39H2,1-2H3. The molecule has 2 nitrogen and oxygen atoms in total. The van der Waals surface area contributed by atoms with E-state index in [1.807, 2.05) is 0 Å². The lowest BCUT2D eigenvalue weighted by Gasteiger charge is -2.18. The van der Waals surface area contributed by atoms with E-state index in [1.165, 1.54) is 218 Å². The van der Waals surface area contributed by atoms with Crippen molar-refractivity contribution >= 4 is 0 Å². The van der Waals surface area contributed by atoms with E-state index >= 15 is 0 Å². The summed E-state index contributed by atoms with van der Waals surface area (Å²) >= 11 is 0. The second-order valence-electron chi connectivity index (χ2n) is 13.9. The zero-order valence-corrected chi connectivity index (χ0v) is 29.7. The number of unbranched alkanes of at least 4 members (excludes halogenated alkanes) is 30. The van der Waals surface area contributed by atoms with Crippen molar-refractivity contribution in [3.63, 3.8) is 0 Å². The third-order valence-corrected chi connectivity index (χ3v) is 9.58. The highest BCUT2D eigenvalue weighted by Gasteiger charge is 2.08. The zero-order valence-electron chi connectivity index (χ0n) is 29.7. The Morgan fingerprint density at radius 1 is 0.333 bits per heavy atom. The highest BCUT2D eigenvalue weighted by atomic mass is 16.3. The molecule has 0 aliphatic rings. The van der Waals surface area contributed by atoms with E-state index in [0.717, 1.165) is 13.0 Å². The Balaban J connectivity index is 3.52. The van der Waals surface area contributed by atoms with Crippen molar-refractivity contribution < 1.29 is 5.11 Å². The van der Waals surface area contributed by atoms with Crippen LogP contribution in [0, 0.1) is 0 Å². The van der Waals surface area contributed by atoms with Crippen molar-refractivity contribution in [2.75, 3.05) is 13.2 Å². The van der Waals surface area contributed by atoms with E-state index in [0.29, 0.717) is 12.6 Å². The fourth-order valence-electron chi connectivity index (χ4n) is 6.61. The van der Waals surface area contributed by atoms with Gasteiger partial charge in [0.05, 0.1) is 0 Å². The molecule has 254 valence electrons. The summed E-state index contributed by atoms with van der Waals surface area (Å²) in [5.41, 5.74) is 0. The van der Waals surface area contributed by atoms with Gasteiger partial charge in [0, 0.05) is 12.6 Å². The number of rotatable bonds is 38. The molecule has 0 atom stereocenters. The van der Waals surface area contributed by atoms with E-state index in [9.17, 15) is 5.11 Å². The maximum atomic E-state index is 9.19. The first-order valence-electron chi connectivity index (χ1n) is 20.2. The van der Waals surface area contributed by atoms with Crippen LogP contribution in [0.2, 0.25) is 0 Å². The second kappa shape index (κ2) is 38.9. The van der Waals surface area contributed by atoms with Crippen LogP contribution in [-0.2, 0) is 0 Å². The van der Waals surface area contributed by atoms with Crippen molar-refractivity contribution in [1.82, 2.24) is 5.32 Å². The Bertz CT molecular complexity index is 417. The van der Waals surface area contributed by atoms with Crippen molar-refractivity contribution in [3.8, 4) is 0 Å². The molecule has 0 aliphatic heterocycles. The molecular formula is C40H83NO. The summed E-state index contributed by atoms with van der Waals surface area (Å²) in [5, 5.41) is 13.0. The molecule has 2 N–H and O–H groups in total. The van der Waals surface area contributed by atoms with Crippen LogP contribution in [0.4, 0.5) is 0 Å². The molecule has 0 saturated heterocycles. The van der Waals surface area contributed by atoms with Gasteiger partial charge in [0.2, 0.25) is 0 Å². The molecule has 0 unspecified atom stereocenters. The van der Waals surface area contributed by atoms with Gasteiger partial charge in [-0.05, 0) is 25.8 Å². The van der Waals surface area contributed by atoms with E-state index in [1.54, 1.807) is 0 Å². The molecule has 0 radical (unpaired) electrons. The first kappa shape index (κ1) is 41.9. The number of hydrogen-bond acceptors (Lipinski definition) is 2. The first-order chi connectivity index (χ1) is 20.8. The van der Waals surface area contributed by atoms with Crippen LogP contribution in [0.3, 0.4) is 0 Å². The number of hydrogen-bond donors (Lipinski definition) is 2. The summed E-state index contributed by atoms with van der Waals surface area (Å²) in [6, 6.07) is 0.676. The third kappa shape index (κ3) is 36.1. The molecule has 2 heteroatoms. The fourth-order valence-corrected chi connectivity index (χ4v) is 6.61. The molecule has 0 spiro atoms. The molecular weight excluding hydrogens is 510 g/mol. The first-order valence-corrected chi connectivity index (χ1v) is 20.2. The van der Waals surface area contributed by atoms with Gasteiger partial charge in [0.1, 0.15) is 0 Å². The van der Waals surface area contributed by atoms with Gasteiger partial charge in [-0.15, -0.1) is 0 Å². The summed E-state index contributed by atoms with van der Waals surface area (Å²) in [7, 11) is 0. The van der Waals surface area contributed by atoms with Gasteiger partial charge in [-0.25, -0.2) is 0 Å². The Kier molecular flexibility index (Phi) is 38.9. The van der Waals surface area contributed by atoms with Crippen molar-refractivity contribution in [2.45, 2.75) is 245 Å². The molecule has 0 amide bonds. The van der Waals surface area contributed by atoms with Crippen LogP contribution in [0.1, 0.15) is 239 Å². The van der Waals surface area contributed by atoms with Gasteiger partial charge in [-0.1, -0.05) is 219 Å². The number of aliphatic hydroxyl groups excluding tert-OH is 1. The van der Waals surface area contributed by atoms with Crippen LogP contribution >= 0.6 is 0 Å². The van der Waals surface area contributed by atoms with Gasteiger partial charge in [0.25, 0.3) is 0 Å². The lowest BCUT2D eigenvalue weighted by atomic mass is 9.99. The Morgan fingerprint density at radius 2 is 0.571 bits per heavy atom. The maximum absolute atomic E-state index is 9.19. The largest absolute Gasteiger partial charge is 0.396 e.